The summed E-state index contributed by atoms with van der Waals surface area (Å²) in [5.41, 5.74) is 0. The van der Waals surface area contributed by atoms with Crippen molar-refractivity contribution in [3.63, 3.8) is 0 Å². The van der Waals surface area contributed by atoms with E-state index in [1.807, 2.05) is 11.3 Å². The van der Waals surface area contributed by atoms with Crippen LogP contribution in [0.2, 0.25) is 0 Å². The largest absolute Gasteiger partial charge is 0.239 e. The fraction of sp³-hybridized carbons (Fsp3) is 0.0345. The van der Waals surface area contributed by atoms with Gasteiger partial charge in [-0.1, -0.05) is 127 Å². The molecular formula is C29H25NP2S. The Kier molecular flexibility index (Phi) is 7.41. The molecule has 5 aromatic rings. The van der Waals surface area contributed by atoms with Gasteiger partial charge >= 0.3 is 0 Å². The normalized spacial score (nSPS) is 11.4. The molecule has 0 amide bonds. The third-order valence-corrected chi connectivity index (χ3v) is 11.6. The van der Waals surface area contributed by atoms with Crippen molar-refractivity contribution in [2.75, 3.05) is 0 Å². The summed E-state index contributed by atoms with van der Waals surface area (Å²) in [5, 5.41) is 7.72. The van der Waals surface area contributed by atoms with E-state index in [1.54, 1.807) is 0 Å². The Morgan fingerprint density at radius 2 is 0.818 bits per heavy atom. The van der Waals surface area contributed by atoms with Gasteiger partial charge in [-0.25, -0.2) is 4.44 Å². The number of nitrogens with zero attached hydrogens (tertiary/aromatic N) is 1. The molecule has 0 saturated heterocycles. The first kappa shape index (κ1) is 22.2. The van der Waals surface area contributed by atoms with Crippen LogP contribution in [0.5, 0.6) is 0 Å². The topological polar surface area (TPSA) is 3.24 Å². The van der Waals surface area contributed by atoms with Crippen LogP contribution in [0.3, 0.4) is 0 Å². The Hall–Kier alpha value is -2.60. The molecule has 0 unspecified atom stereocenters. The van der Waals surface area contributed by atoms with E-state index in [2.05, 4.69) is 143 Å². The monoisotopic (exact) mass is 481 g/mol. The maximum atomic E-state index is 2.78. The first-order valence-electron chi connectivity index (χ1n) is 11.0. The number of hydrogen-bond acceptors (Lipinski definition) is 2. The summed E-state index contributed by atoms with van der Waals surface area (Å²) >= 11 is 1.85. The smallest absolute Gasteiger partial charge is 0.0419 e. The molecule has 0 spiro atoms. The molecular weight excluding hydrogens is 456 g/mol. The van der Waals surface area contributed by atoms with Crippen molar-refractivity contribution in [3.05, 3.63) is 144 Å². The molecule has 0 N–H and O–H groups in total. The van der Waals surface area contributed by atoms with Gasteiger partial charge in [0.05, 0.1) is 0 Å². The second-order valence-electron chi connectivity index (χ2n) is 7.58. The van der Waals surface area contributed by atoms with Gasteiger partial charge in [-0.05, 0) is 32.7 Å². The van der Waals surface area contributed by atoms with E-state index >= 15 is 0 Å². The van der Waals surface area contributed by atoms with E-state index < -0.39 is 16.1 Å². The molecule has 1 nitrogen and oxygen atoms in total. The molecule has 1 aromatic heterocycles. The van der Waals surface area contributed by atoms with Crippen LogP contribution < -0.4 is 21.2 Å². The SMILES string of the molecule is c1ccc(P(c2ccccc2)N(Cc2cccs2)P(c2ccccc2)c2ccccc2)cc1. The third kappa shape index (κ3) is 5.32. The lowest BCUT2D eigenvalue weighted by Gasteiger charge is -2.39. The van der Waals surface area contributed by atoms with Crippen LogP contribution in [-0.2, 0) is 6.54 Å². The standard InChI is InChI=1S/C29H25NP2S/c1-5-14-25(15-6-1)31(26-16-7-2-8-17-26)30(24-29-22-13-23-33-29)32(27-18-9-3-10-19-27)28-20-11-4-12-21-28/h1-23H,24H2. The van der Waals surface area contributed by atoms with Gasteiger partial charge in [0.2, 0.25) is 0 Å². The van der Waals surface area contributed by atoms with Crippen LogP contribution in [0, 0.1) is 0 Å². The average molecular weight is 482 g/mol. The highest BCUT2D eigenvalue weighted by Gasteiger charge is 2.31. The van der Waals surface area contributed by atoms with Gasteiger partial charge in [-0.2, -0.15) is 0 Å². The minimum atomic E-state index is -0.737. The van der Waals surface area contributed by atoms with E-state index in [4.69, 9.17) is 0 Å². The van der Waals surface area contributed by atoms with Crippen molar-refractivity contribution in [1.82, 2.24) is 4.44 Å². The number of benzene rings is 4. The van der Waals surface area contributed by atoms with Crippen molar-refractivity contribution in [2.24, 2.45) is 0 Å². The molecule has 5 rings (SSSR count). The second-order valence-corrected chi connectivity index (χ2v) is 13.2. The van der Waals surface area contributed by atoms with Gasteiger partial charge in [0.1, 0.15) is 0 Å². The molecule has 4 heteroatoms. The molecule has 0 fully saturated rings. The zero-order valence-corrected chi connectivity index (χ0v) is 20.8. The Balaban J connectivity index is 1.72. The first-order chi connectivity index (χ1) is 16.4. The summed E-state index contributed by atoms with van der Waals surface area (Å²) in [7, 11) is -1.47. The highest BCUT2D eigenvalue weighted by Crippen LogP contribution is 2.55. The summed E-state index contributed by atoms with van der Waals surface area (Å²) in [6.07, 6.45) is 0. The van der Waals surface area contributed by atoms with Crippen LogP contribution in [0.1, 0.15) is 4.88 Å². The van der Waals surface area contributed by atoms with E-state index in [1.165, 1.54) is 26.1 Å². The zero-order valence-electron chi connectivity index (χ0n) is 18.2. The molecule has 0 radical (unpaired) electrons. The van der Waals surface area contributed by atoms with Gasteiger partial charge in [0, 0.05) is 27.6 Å². The predicted molar refractivity (Wildman–Crippen MR) is 148 cm³/mol. The van der Waals surface area contributed by atoms with Crippen LogP contribution >= 0.6 is 27.5 Å². The van der Waals surface area contributed by atoms with E-state index in [0.29, 0.717) is 0 Å². The van der Waals surface area contributed by atoms with Gasteiger partial charge in [0.15, 0.2) is 0 Å². The zero-order chi connectivity index (χ0) is 22.3. The molecule has 4 aromatic carbocycles. The molecule has 0 bridgehead atoms. The Bertz CT molecular complexity index is 1070. The summed E-state index contributed by atoms with van der Waals surface area (Å²) in [5.74, 6) is 0. The lowest BCUT2D eigenvalue weighted by molar-refractivity contribution is 0.728. The summed E-state index contributed by atoms with van der Waals surface area (Å²) in [6.45, 7) is 0.919. The van der Waals surface area contributed by atoms with Crippen molar-refractivity contribution in [1.29, 1.82) is 0 Å². The minimum absolute atomic E-state index is 0.737. The number of rotatable bonds is 8. The molecule has 1 heterocycles. The molecule has 162 valence electrons. The van der Waals surface area contributed by atoms with Crippen LogP contribution in [0.25, 0.3) is 0 Å². The van der Waals surface area contributed by atoms with Crippen molar-refractivity contribution in [2.45, 2.75) is 6.54 Å². The van der Waals surface area contributed by atoms with Gasteiger partial charge in [0.25, 0.3) is 0 Å². The predicted octanol–water partition coefficient (Wildman–Crippen LogP) is 6.65. The maximum Gasteiger partial charge on any atom is 0.0419 e. The lowest BCUT2D eigenvalue weighted by atomic mass is 10.4. The van der Waals surface area contributed by atoms with Crippen LogP contribution in [0.4, 0.5) is 0 Å². The first-order valence-corrected chi connectivity index (χ1v) is 14.5. The van der Waals surface area contributed by atoms with E-state index in [0.717, 1.165) is 6.54 Å². The summed E-state index contributed by atoms with van der Waals surface area (Å²) in [4.78, 5) is 1.40. The Morgan fingerprint density at radius 1 is 0.455 bits per heavy atom. The Labute approximate surface area is 203 Å². The minimum Gasteiger partial charge on any atom is -0.239 e. The van der Waals surface area contributed by atoms with Crippen LogP contribution in [0.15, 0.2) is 139 Å². The summed E-state index contributed by atoms with van der Waals surface area (Å²) < 4.78 is 2.78. The van der Waals surface area contributed by atoms with Crippen LogP contribution in [-0.4, -0.2) is 4.44 Å². The fourth-order valence-electron chi connectivity index (χ4n) is 3.88. The highest BCUT2D eigenvalue weighted by atomic mass is 32.1. The van der Waals surface area contributed by atoms with Gasteiger partial charge in [-0.15, -0.1) is 11.3 Å². The Morgan fingerprint density at radius 3 is 1.12 bits per heavy atom. The van der Waals surface area contributed by atoms with Crippen molar-refractivity contribution >= 4 is 48.7 Å². The highest BCUT2D eigenvalue weighted by molar-refractivity contribution is 7.84. The summed E-state index contributed by atoms with van der Waals surface area (Å²) in [6, 6.07) is 48.6. The second kappa shape index (κ2) is 11.0. The molecule has 0 aliphatic carbocycles. The molecule has 0 aliphatic heterocycles. The van der Waals surface area contributed by atoms with Crippen molar-refractivity contribution < 1.29 is 0 Å². The fourth-order valence-corrected chi connectivity index (χ4v) is 10.8. The number of thiophene rings is 1. The molecule has 0 aliphatic rings. The van der Waals surface area contributed by atoms with Gasteiger partial charge in [-0.3, -0.25) is 0 Å². The van der Waals surface area contributed by atoms with Gasteiger partial charge < -0.3 is 0 Å². The lowest BCUT2D eigenvalue weighted by Crippen LogP contribution is -2.31. The molecule has 33 heavy (non-hydrogen) atoms. The average Bonchev–Trinajstić information content (AvgIpc) is 3.40. The van der Waals surface area contributed by atoms with Crippen molar-refractivity contribution in [3.8, 4) is 0 Å². The van der Waals surface area contributed by atoms with E-state index in [-0.39, 0.29) is 0 Å². The molecule has 0 atom stereocenters. The quantitative estimate of drug-likeness (QED) is 0.225. The third-order valence-electron chi connectivity index (χ3n) is 5.34. The molecule has 0 saturated carbocycles. The van der Waals surface area contributed by atoms with E-state index in [9.17, 15) is 0 Å². The maximum absolute atomic E-state index is 2.78. The number of hydrogen-bond donors (Lipinski definition) is 0.